The molecule has 1 fully saturated rings. The first-order valence-corrected chi connectivity index (χ1v) is 5.43. The zero-order valence-electron chi connectivity index (χ0n) is 9.44. The van der Waals surface area contributed by atoms with Crippen molar-refractivity contribution >= 4 is 5.97 Å². The summed E-state index contributed by atoms with van der Waals surface area (Å²) in [5, 5.41) is 11.6. The molecule has 1 aliphatic carbocycles. The highest BCUT2D eigenvalue weighted by atomic mass is 16.4. The van der Waals surface area contributed by atoms with Crippen LogP contribution in [0.25, 0.3) is 0 Å². The first-order valence-electron chi connectivity index (χ1n) is 5.43. The van der Waals surface area contributed by atoms with Crippen molar-refractivity contribution in [3.63, 3.8) is 0 Å². The molecule has 15 heavy (non-hydrogen) atoms. The lowest BCUT2D eigenvalue weighted by Crippen LogP contribution is -2.39. The number of carboxylic acids is 1. The van der Waals surface area contributed by atoms with E-state index in [0.717, 1.165) is 12.6 Å². The van der Waals surface area contributed by atoms with Crippen molar-refractivity contribution in [2.45, 2.75) is 31.8 Å². The second-order valence-corrected chi connectivity index (χ2v) is 4.14. The van der Waals surface area contributed by atoms with E-state index in [-0.39, 0.29) is 0 Å². The molecule has 4 nitrogen and oxygen atoms in total. The van der Waals surface area contributed by atoms with Gasteiger partial charge in [-0.1, -0.05) is 6.08 Å². The van der Waals surface area contributed by atoms with Gasteiger partial charge < -0.3 is 10.4 Å². The fraction of sp³-hybridized carbons (Fsp3) is 0.727. The van der Waals surface area contributed by atoms with Gasteiger partial charge in [-0.15, -0.1) is 0 Å². The third-order valence-electron chi connectivity index (χ3n) is 2.78. The van der Waals surface area contributed by atoms with Gasteiger partial charge in [0.25, 0.3) is 0 Å². The molecule has 4 heteroatoms. The van der Waals surface area contributed by atoms with E-state index in [0.29, 0.717) is 12.6 Å². The highest BCUT2D eigenvalue weighted by molar-refractivity contribution is 5.79. The Balaban J connectivity index is 2.05. The third kappa shape index (κ3) is 4.95. The van der Waals surface area contributed by atoms with Gasteiger partial charge in [-0.05, 0) is 26.8 Å². The maximum absolute atomic E-state index is 10.2. The van der Waals surface area contributed by atoms with Crippen LogP contribution >= 0.6 is 0 Å². The van der Waals surface area contributed by atoms with Crippen LogP contribution in [0, 0.1) is 0 Å². The van der Waals surface area contributed by atoms with E-state index in [4.69, 9.17) is 5.11 Å². The van der Waals surface area contributed by atoms with E-state index in [2.05, 4.69) is 24.2 Å². The highest BCUT2D eigenvalue weighted by Crippen LogP contribution is 2.26. The smallest absolute Gasteiger partial charge is 0.328 e. The average Bonchev–Trinajstić information content (AvgIpc) is 2.98. The van der Waals surface area contributed by atoms with Crippen LogP contribution in [0.1, 0.15) is 19.8 Å². The lowest BCUT2D eigenvalue weighted by atomic mass is 10.3. The quantitative estimate of drug-likeness (QED) is 0.482. The standard InChI is InChI=1S/C11H20N2O2/c1-9(13(2)10-5-6-10)8-12-7-3-4-11(14)15/h3-4,9-10,12H,5-8H2,1-2H3,(H,14,15)/b4-3+. The summed E-state index contributed by atoms with van der Waals surface area (Å²) in [6.07, 6.45) is 5.44. The minimum absolute atomic E-state index is 0.510. The molecule has 0 radical (unpaired) electrons. The molecule has 0 aromatic heterocycles. The molecule has 1 saturated carbocycles. The van der Waals surface area contributed by atoms with Crippen LogP contribution in [-0.4, -0.2) is 48.2 Å². The van der Waals surface area contributed by atoms with Crippen LogP contribution in [-0.2, 0) is 4.79 Å². The Morgan fingerprint density at radius 2 is 2.33 bits per heavy atom. The van der Waals surface area contributed by atoms with Crippen LogP contribution in [0.5, 0.6) is 0 Å². The number of carbonyl (C=O) groups is 1. The summed E-state index contributed by atoms with van der Waals surface area (Å²) in [6.45, 7) is 3.71. The van der Waals surface area contributed by atoms with Crippen molar-refractivity contribution in [1.82, 2.24) is 10.2 Å². The Morgan fingerprint density at radius 1 is 1.67 bits per heavy atom. The summed E-state index contributed by atoms with van der Waals surface area (Å²) in [4.78, 5) is 12.6. The normalized spacial score (nSPS) is 18.6. The molecule has 0 saturated heterocycles. The van der Waals surface area contributed by atoms with E-state index in [1.165, 1.54) is 18.9 Å². The molecule has 0 aromatic carbocycles. The predicted molar refractivity (Wildman–Crippen MR) is 59.9 cm³/mol. The molecule has 1 unspecified atom stereocenters. The summed E-state index contributed by atoms with van der Waals surface area (Å²) in [6, 6.07) is 1.28. The maximum atomic E-state index is 10.2. The molecule has 2 N–H and O–H groups in total. The zero-order chi connectivity index (χ0) is 11.3. The molecule has 0 heterocycles. The van der Waals surface area contributed by atoms with Gasteiger partial charge in [0.05, 0.1) is 0 Å². The van der Waals surface area contributed by atoms with Gasteiger partial charge in [-0.25, -0.2) is 4.79 Å². The lowest BCUT2D eigenvalue weighted by Gasteiger charge is -2.24. The van der Waals surface area contributed by atoms with Gasteiger partial charge in [0.15, 0.2) is 0 Å². The van der Waals surface area contributed by atoms with Gasteiger partial charge in [0.1, 0.15) is 0 Å². The fourth-order valence-electron chi connectivity index (χ4n) is 1.52. The van der Waals surface area contributed by atoms with Crippen molar-refractivity contribution < 1.29 is 9.90 Å². The van der Waals surface area contributed by atoms with E-state index in [9.17, 15) is 4.79 Å². The van der Waals surface area contributed by atoms with Gasteiger partial charge in [-0.2, -0.15) is 0 Å². The number of hydrogen-bond donors (Lipinski definition) is 2. The number of aliphatic carboxylic acids is 1. The molecule has 0 amide bonds. The lowest BCUT2D eigenvalue weighted by molar-refractivity contribution is -0.131. The number of nitrogens with zero attached hydrogens (tertiary/aromatic N) is 1. The first kappa shape index (κ1) is 12.2. The van der Waals surface area contributed by atoms with Crippen molar-refractivity contribution in [3.05, 3.63) is 12.2 Å². The molecule has 86 valence electrons. The van der Waals surface area contributed by atoms with Crippen molar-refractivity contribution in [2.75, 3.05) is 20.1 Å². The van der Waals surface area contributed by atoms with Crippen LogP contribution in [0.2, 0.25) is 0 Å². The van der Waals surface area contributed by atoms with Crippen molar-refractivity contribution in [2.24, 2.45) is 0 Å². The number of rotatable bonds is 7. The second kappa shape index (κ2) is 5.88. The topological polar surface area (TPSA) is 52.6 Å². The Labute approximate surface area is 91.0 Å². The molecule has 0 spiro atoms. The van der Waals surface area contributed by atoms with Gasteiger partial charge in [0, 0.05) is 31.2 Å². The number of hydrogen-bond acceptors (Lipinski definition) is 3. The summed E-state index contributed by atoms with van der Waals surface area (Å²) in [7, 11) is 2.15. The minimum Gasteiger partial charge on any atom is -0.478 e. The average molecular weight is 212 g/mol. The number of carboxylic acid groups (broad SMARTS) is 1. The molecular weight excluding hydrogens is 192 g/mol. The van der Waals surface area contributed by atoms with E-state index < -0.39 is 5.97 Å². The molecular formula is C11H20N2O2. The molecule has 1 rings (SSSR count). The van der Waals surface area contributed by atoms with E-state index >= 15 is 0 Å². The van der Waals surface area contributed by atoms with Gasteiger partial charge in [-0.3, -0.25) is 4.90 Å². The van der Waals surface area contributed by atoms with E-state index in [1.807, 2.05) is 0 Å². The largest absolute Gasteiger partial charge is 0.478 e. The highest BCUT2D eigenvalue weighted by Gasteiger charge is 2.28. The molecule has 0 aliphatic heterocycles. The summed E-state index contributed by atoms with van der Waals surface area (Å²) in [5.74, 6) is -0.889. The Morgan fingerprint density at radius 3 is 2.87 bits per heavy atom. The molecule has 1 atom stereocenters. The Hall–Kier alpha value is -0.870. The van der Waals surface area contributed by atoms with Crippen molar-refractivity contribution in [3.8, 4) is 0 Å². The SMILES string of the molecule is CC(CNC/C=C/C(=O)O)N(C)C1CC1. The summed E-state index contributed by atoms with van der Waals surface area (Å²) < 4.78 is 0. The van der Waals surface area contributed by atoms with Crippen LogP contribution < -0.4 is 5.32 Å². The van der Waals surface area contributed by atoms with Crippen LogP contribution in [0.15, 0.2) is 12.2 Å². The van der Waals surface area contributed by atoms with Crippen LogP contribution in [0.4, 0.5) is 0 Å². The minimum atomic E-state index is -0.889. The monoisotopic (exact) mass is 212 g/mol. The molecule has 1 aliphatic rings. The van der Waals surface area contributed by atoms with Crippen molar-refractivity contribution in [1.29, 1.82) is 0 Å². The summed E-state index contributed by atoms with van der Waals surface area (Å²) in [5.41, 5.74) is 0. The Kier molecular flexibility index (Phi) is 4.78. The maximum Gasteiger partial charge on any atom is 0.328 e. The van der Waals surface area contributed by atoms with Gasteiger partial charge in [0.2, 0.25) is 0 Å². The Bertz CT molecular complexity index is 237. The third-order valence-corrected chi connectivity index (χ3v) is 2.78. The fourth-order valence-corrected chi connectivity index (χ4v) is 1.52. The summed E-state index contributed by atoms with van der Waals surface area (Å²) >= 11 is 0. The first-order chi connectivity index (χ1) is 7.11. The predicted octanol–water partition coefficient (Wildman–Crippen LogP) is 0.700. The molecule has 0 bridgehead atoms. The van der Waals surface area contributed by atoms with Crippen LogP contribution in [0.3, 0.4) is 0 Å². The van der Waals surface area contributed by atoms with E-state index in [1.54, 1.807) is 6.08 Å². The van der Waals surface area contributed by atoms with Gasteiger partial charge >= 0.3 is 5.97 Å². The number of likely N-dealkylation sites (N-methyl/N-ethyl adjacent to an activating group) is 1. The number of nitrogens with one attached hydrogen (secondary N) is 1. The molecule has 0 aromatic rings. The zero-order valence-corrected chi connectivity index (χ0v) is 9.44. The second-order valence-electron chi connectivity index (χ2n) is 4.14.